The number of rotatable bonds is 4. The first-order valence-electron chi connectivity index (χ1n) is 6.12. The van der Waals surface area contributed by atoms with Crippen LogP contribution in [-0.4, -0.2) is 20.7 Å². The number of aromatic nitrogens is 2. The van der Waals surface area contributed by atoms with E-state index in [0.29, 0.717) is 12.3 Å². The van der Waals surface area contributed by atoms with E-state index in [1.165, 1.54) is 0 Å². The number of hydrogen-bond donors (Lipinski definition) is 1. The Hall–Kier alpha value is -1.82. The Labute approximate surface area is 126 Å². The third-order valence-corrected chi connectivity index (χ3v) is 4.09. The highest BCUT2D eigenvalue weighted by molar-refractivity contribution is 9.10. The molecule has 5 nitrogen and oxygen atoms in total. The van der Waals surface area contributed by atoms with Crippen LogP contribution in [0.25, 0.3) is 0 Å². The Morgan fingerprint density at radius 3 is 2.55 bits per heavy atom. The summed E-state index contributed by atoms with van der Waals surface area (Å²) in [5, 5.41) is 16.2. The molecule has 0 amide bonds. The van der Waals surface area contributed by atoms with Crippen molar-refractivity contribution >= 4 is 21.6 Å². The van der Waals surface area contributed by atoms with Gasteiger partial charge < -0.3 is 9.94 Å². The minimum absolute atomic E-state index is 0.435. The normalized spacial score (nSPS) is 11.7. The van der Waals surface area contributed by atoms with Gasteiger partial charge in [-0.2, -0.15) is 5.10 Å². The van der Waals surface area contributed by atoms with Crippen molar-refractivity contribution in [2.24, 2.45) is 12.2 Å². The van der Waals surface area contributed by atoms with Gasteiger partial charge in [-0.3, -0.25) is 4.68 Å². The molecule has 20 heavy (non-hydrogen) atoms. The standard InChI is InChI=1S/C14H16BrN3O2/c1-9(17-19)11-4-6-12(7-5-11)20-8-13-14(15)10(2)16-18(13)3/h4-7,19H,8H2,1-3H3. The minimum atomic E-state index is 0.435. The predicted octanol–water partition coefficient (Wildman–Crippen LogP) is 3.27. The first-order valence-corrected chi connectivity index (χ1v) is 6.92. The molecule has 0 fully saturated rings. The molecular weight excluding hydrogens is 322 g/mol. The maximum atomic E-state index is 8.71. The van der Waals surface area contributed by atoms with Crippen LogP contribution in [0.15, 0.2) is 33.9 Å². The Morgan fingerprint density at radius 1 is 1.40 bits per heavy atom. The maximum absolute atomic E-state index is 8.71. The number of benzene rings is 1. The van der Waals surface area contributed by atoms with Gasteiger partial charge in [-0.15, -0.1) is 0 Å². The molecule has 2 aromatic rings. The van der Waals surface area contributed by atoms with Gasteiger partial charge >= 0.3 is 0 Å². The molecule has 0 aliphatic rings. The second-order valence-corrected chi connectivity index (χ2v) is 5.26. The fraction of sp³-hybridized carbons (Fsp3) is 0.286. The van der Waals surface area contributed by atoms with Crippen LogP contribution in [0.1, 0.15) is 23.9 Å². The lowest BCUT2D eigenvalue weighted by molar-refractivity contribution is 0.294. The minimum Gasteiger partial charge on any atom is -0.487 e. The Kier molecular flexibility index (Phi) is 4.44. The van der Waals surface area contributed by atoms with Gasteiger partial charge in [0.15, 0.2) is 0 Å². The number of hydrogen-bond acceptors (Lipinski definition) is 4. The van der Waals surface area contributed by atoms with Crippen molar-refractivity contribution in [2.45, 2.75) is 20.5 Å². The molecule has 0 bridgehead atoms. The summed E-state index contributed by atoms with van der Waals surface area (Å²) in [4.78, 5) is 0. The molecule has 0 aliphatic heterocycles. The summed E-state index contributed by atoms with van der Waals surface area (Å²) in [5.41, 5.74) is 3.36. The van der Waals surface area contributed by atoms with E-state index in [2.05, 4.69) is 26.2 Å². The molecule has 0 radical (unpaired) electrons. The Bertz CT molecular complexity index is 633. The molecule has 0 atom stereocenters. The highest BCUT2D eigenvalue weighted by atomic mass is 79.9. The number of aryl methyl sites for hydroxylation is 2. The van der Waals surface area contributed by atoms with Gasteiger partial charge in [-0.25, -0.2) is 0 Å². The van der Waals surface area contributed by atoms with E-state index in [-0.39, 0.29) is 0 Å². The van der Waals surface area contributed by atoms with Crippen LogP contribution in [0.3, 0.4) is 0 Å². The van der Waals surface area contributed by atoms with Crippen LogP contribution in [-0.2, 0) is 13.7 Å². The number of oxime groups is 1. The molecule has 1 N–H and O–H groups in total. The monoisotopic (exact) mass is 337 g/mol. The van der Waals surface area contributed by atoms with E-state index in [0.717, 1.165) is 27.2 Å². The molecular formula is C14H16BrN3O2. The zero-order valence-corrected chi connectivity index (χ0v) is 13.2. The molecule has 2 rings (SSSR count). The second kappa shape index (κ2) is 6.09. The van der Waals surface area contributed by atoms with E-state index in [1.54, 1.807) is 11.6 Å². The summed E-state index contributed by atoms with van der Waals surface area (Å²) in [6, 6.07) is 7.41. The smallest absolute Gasteiger partial charge is 0.131 e. The van der Waals surface area contributed by atoms with Crippen molar-refractivity contribution in [3.05, 3.63) is 45.7 Å². The van der Waals surface area contributed by atoms with Crippen LogP contribution >= 0.6 is 15.9 Å². The highest BCUT2D eigenvalue weighted by Gasteiger charge is 2.11. The van der Waals surface area contributed by atoms with Gasteiger partial charge in [-0.1, -0.05) is 5.16 Å². The topological polar surface area (TPSA) is 59.6 Å². The largest absolute Gasteiger partial charge is 0.487 e. The van der Waals surface area contributed by atoms with E-state index in [4.69, 9.17) is 9.94 Å². The van der Waals surface area contributed by atoms with Gasteiger partial charge in [0.2, 0.25) is 0 Å². The average molecular weight is 338 g/mol. The Balaban J connectivity index is 2.08. The summed E-state index contributed by atoms with van der Waals surface area (Å²) in [5.74, 6) is 0.755. The van der Waals surface area contributed by atoms with Crippen molar-refractivity contribution in [3.8, 4) is 5.75 Å². The van der Waals surface area contributed by atoms with E-state index in [9.17, 15) is 0 Å². The van der Waals surface area contributed by atoms with E-state index in [1.807, 2.05) is 38.2 Å². The van der Waals surface area contributed by atoms with Gasteiger partial charge in [0.05, 0.1) is 21.6 Å². The van der Waals surface area contributed by atoms with Gasteiger partial charge in [0.25, 0.3) is 0 Å². The fourth-order valence-electron chi connectivity index (χ4n) is 1.84. The van der Waals surface area contributed by atoms with Crippen molar-refractivity contribution in [1.82, 2.24) is 9.78 Å². The maximum Gasteiger partial charge on any atom is 0.131 e. The summed E-state index contributed by atoms with van der Waals surface area (Å²) in [6.45, 7) is 4.12. The van der Waals surface area contributed by atoms with Crippen molar-refractivity contribution in [3.63, 3.8) is 0 Å². The molecule has 0 unspecified atom stereocenters. The number of nitrogens with zero attached hydrogens (tertiary/aromatic N) is 3. The third kappa shape index (κ3) is 3.01. The van der Waals surface area contributed by atoms with Crippen LogP contribution in [0.4, 0.5) is 0 Å². The summed E-state index contributed by atoms with van der Waals surface area (Å²) < 4.78 is 8.52. The number of ether oxygens (including phenoxy) is 1. The molecule has 0 saturated heterocycles. The summed E-state index contributed by atoms with van der Waals surface area (Å²) in [7, 11) is 1.89. The highest BCUT2D eigenvalue weighted by Crippen LogP contribution is 2.22. The SMILES string of the molecule is CC(=NO)c1ccc(OCc2c(Br)c(C)nn2C)cc1. The lowest BCUT2D eigenvalue weighted by Crippen LogP contribution is -2.04. The molecule has 106 valence electrons. The summed E-state index contributed by atoms with van der Waals surface area (Å²) >= 11 is 3.51. The summed E-state index contributed by atoms with van der Waals surface area (Å²) in [6.07, 6.45) is 0. The molecule has 0 aliphatic carbocycles. The van der Waals surface area contributed by atoms with Gasteiger partial charge in [0.1, 0.15) is 12.4 Å². The third-order valence-electron chi connectivity index (χ3n) is 3.06. The fourth-order valence-corrected chi connectivity index (χ4v) is 2.29. The first-order chi connectivity index (χ1) is 9.52. The van der Waals surface area contributed by atoms with Gasteiger partial charge in [0, 0.05) is 7.05 Å². The molecule has 1 heterocycles. The second-order valence-electron chi connectivity index (χ2n) is 4.47. The number of halogens is 1. The molecule has 0 spiro atoms. The van der Waals surface area contributed by atoms with Crippen LogP contribution in [0.2, 0.25) is 0 Å². The van der Waals surface area contributed by atoms with E-state index >= 15 is 0 Å². The molecule has 1 aromatic heterocycles. The van der Waals surface area contributed by atoms with Crippen molar-refractivity contribution in [1.29, 1.82) is 0 Å². The zero-order chi connectivity index (χ0) is 14.7. The lowest BCUT2D eigenvalue weighted by atomic mass is 10.1. The van der Waals surface area contributed by atoms with Crippen LogP contribution in [0.5, 0.6) is 5.75 Å². The average Bonchev–Trinajstić information content (AvgIpc) is 2.70. The van der Waals surface area contributed by atoms with Gasteiger partial charge in [-0.05, 0) is 59.6 Å². The lowest BCUT2D eigenvalue weighted by Gasteiger charge is -2.08. The quantitative estimate of drug-likeness (QED) is 0.529. The van der Waals surface area contributed by atoms with Crippen molar-refractivity contribution < 1.29 is 9.94 Å². The zero-order valence-electron chi connectivity index (χ0n) is 11.6. The van der Waals surface area contributed by atoms with Crippen LogP contribution in [0, 0.1) is 6.92 Å². The Morgan fingerprint density at radius 2 is 2.05 bits per heavy atom. The van der Waals surface area contributed by atoms with E-state index < -0.39 is 0 Å². The molecule has 1 aromatic carbocycles. The van der Waals surface area contributed by atoms with Crippen molar-refractivity contribution in [2.75, 3.05) is 0 Å². The van der Waals surface area contributed by atoms with Crippen LogP contribution < -0.4 is 4.74 Å². The predicted molar refractivity (Wildman–Crippen MR) is 80.4 cm³/mol. The first kappa shape index (κ1) is 14.6. The molecule has 0 saturated carbocycles. The molecule has 6 heteroatoms.